The summed E-state index contributed by atoms with van der Waals surface area (Å²) in [7, 11) is 0. The van der Waals surface area contributed by atoms with Crippen LogP contribution in [0, 0.1) is 5.92 Å². The average Bonchev–Trinajstić information content (AvgIpc) is 2.49. The molecule has 0 bridgehead atoms. The SMILES string of the molecule is CCCC1CCC(NC(=O)/C=C/c2ccc(N)cc2)CC1. The van der Waals surface area contributed by atoms with Gasteiger partial charge < -0.3 is 11.1 Å². The first-order valence-corrected chi connectivity index (χ1v) is 8.01. The molecule has 0 radical (unpaired) electrons. The molecule has 3 nitrogen and oxygen atoms in total. The van der Waals surface area contributed by atoms with Crippen LogP contribution in [0.2, 0.25) is 0 Å². The van der Waals surface area contributed by atoms with Crippen LogP contribution < -0.4 is 11.1 Å². The van der Waals surface area contributed by atoms with E-state index in [1.54, 1.807) is 6.08 Å². The number of hydrogen-bond donors (Lipinski definition) is 2. The molecule has 21 heavy (non-hydrogen) atoms. The van der Waals surface area contributed by atoms with E-state index in [1.807, 2.05) is 30.3 Å². The van der Waals surface area contributed by atoms with Crippen LogP contribution in [0.25, 0.3) is 6.08 Å². The molecule has 3 N–H and O–H groups in total. The highest BCUT2D eigenvalue weighted by atomic mass is 16.1. The van der Waals surface area contributed by atoms with E-state index >= 15 is 0 Å². The Morgan fingerprint density at radius 3 is 2.52 bits per heavy atom. The Balaban J connectivity index is 1.76. The zero-order valence-electron chi connectivity index (χ0n) is 12.8. The minimum absolute atomic E-state index is 0.00534. The van der Waals surface area contributed by atoms with E-state index in [0.717, 1.165) is 30.0 Å². The molecule has 1 fully saturated rings. The highest BCUT2D eigenvalue weighted by Crippen LogP contribution is 2.27. The minimum Gasteiger partial charge on any atom is -0.399 e. The van der Waals surface area contributed by atoms with Crippen molar-refractivity contribution < 1.29 is 4.79 Å². The smallest absolute Gasteiger partial charge is 0.244 e. The monoisotopic (exact) mass is 286 g/mol. The zero-order chi connectivity index (χ0) is 15.1. The van der Waals surface area contributed by atoms with Crippen LogP contribution in [0.15, 0.2) is 30.3 Å². The molecule has 1 saturated carbocycles. The lowest BCUT2D eigenvalue weighted by atomic mass is 9.83. The largest absolute Gasteiger partial charge is 0.399 e. The maximum Gasteiger partial charge on any atom is 0.244 e. The molecule has 0 spiro atoms. The second-order valence-electron chi connectivity index (χ2n) is 6.01. The van der Waals surface area contributed by atoms with Crippen molar-refractivity contribution in [1.29, 1.82) is 0 Å². The Labute approximate surface area is 127 Å². The molecule has 0 unspecified atom stereocenters. The number of nitrogens with one attached hydrogen (secondary N) is 1. The number of amides is 1. The fourth-order valence-electron chi connectivity index (χ4n) is 3.03. The first kappa shape index (κ1) is 15.6. The van der Waals surface area contributed by atoms with Gasteiger partial charge in [-0.05, 0) is 55.4 Å². The summed E-state index contributed by atoms with van der Waals surface area (Å²) in [4.78, 5) is 11.9. The van der Waals surface area contributed by atoms with Gasteiger partial charge in [0.2, 0.25) is 5.91 Å². The van der Waals surface area contributed by atoms with Crippen LogP contribution in [-0.4, -0.2) is 11.9 Å². The molecule has 1 aliphatic rings. The van der Waals surface area contributed by atoms with Crippen LogP contribution in [0.3, 0.4) is 0 Å². The van der Waals surface area contributed by atoms with Crippen molar-refractivity contribution in [2.24, 2.45) is 5.92 Å². The van der Waals surface area contributed by atoms with Gasteiger partial charge in [0.1, 0.15) is 0 Å². The predicted octanol–water partition coefficient (Wildman–Crippen LogP) is 3.76. The Morgan fingerprint density at radius 1 is 1.24 bits per heavy atom. The van der Waals surface area contributed by atoms with Gasteiger partial charge in [-0.3, -0.25) is 4.79 Å². The van der Waals surface area contributed by atoms with E-state index in [9.17, 15) is 4.79 Å². The number of benzene rings is 1. The van der Waals surface area contributed by atoms with Crippen LogP contribution in [-0.2, 0) is 4.79 Å². The second kappa shape index (κ2) is 7.87. The Hall–Kier alpha value is -1.77. The lowest BCUT2D eigenvalue weighted by Gasteiger charge is -2.28. The fraction of sp³-hybridized carbons (Fsp3) is 0.500. The van der Waals surface area contributed by atoms with Crippen molar-refractivity contribution in [1.82, 2.24) is 5.32 Å². The van der Waals surface area contributed by atoms with Gasteiger partial charge >= 0.3 is 0 Å². The number of hydrogen-bond acceptors (Lipinski definition) is 2. The second-order valence-corrected chi connectivity index (χ2v) is 6.01. The molecule has 3 heteroatoms. The Kier molecular flexibility index (Phi) is 5.85. The quantitative estimate of drug-likeness (QED) is 0.639. The standard InChI is InChI=1S/C18H26N2O/c1-2-3-14-6-11-17(12-7-14)20-18(21)13-8-15-4-9-16(19)10-5-15/h4-5,8-10,13-14,17H,2-3,6-7,11-12,19H2,1H3,(H,20,21)/b13-8+. The van der Waals surface area contributed by atoms with E-state index in [2.05, 4.69) is 12.2 Å². The number of carbonyl (C=O) groups is 1. The lowest BCUT2D eigenvalue weighted by Crippen LogP contribution is -2.36. The molecule has 114 valence electrons. The van der Waals surface area contributed by atoms with Crippen molar-refractivity contribution in [3.63, 3.8) is 0 Å². The molecule has 1 amide bonds. The third-order valence-electron chi connectivity index (χ3n) is 4.25. The molecule has 1 aromatic carbocycles. The summed E-state index contributed by atoms with van der Waals surface area (Å²) in [5.74, 6) is 0.874. The topological polar surface area (TPSA) is 55.1 Å². The summed E-state index contributed by atoms with van der Waals surface area (Å²) < 4.78 is 0. The molecule has 0 aromatic heterocycles. The molecular formula is C18H26N2O. The Morgan fingerprint density at radius 2 is 1.90 bits per heavy atom. The van der Waals surface area contributed by atoms with E-state index in [-0.39, 0.29) is 5.91 Å². The molecule has 0 heterocycles. The summed E-state index contributed by atoms with van der Waals surface area (Å²) in [5, 5.41) is 3.11. The van der Waals surface area contributed by atoms with E-state index in [4.69, 9.17) is 5.73 Å². The van der Waals surface area contributed by atoms with Gasteiger partial charge in [-0.1, -0.05) is 31.9 Å². The van der Waals surface area contributed by atoms with E-state index in [1.165, 1.54) is 25.7 Å². The van der Waals surface area contributed by atoms with Crippen LogP contribution in [0.4, 0.5) is 5.69 Å². The van der Waals surface area contributed by atoms with Gasteiger partial charge in [0.15, 0.2) is 0 Å². The van der Waals surface area contributed by atoms with Gasteiger partial charge in [-0.15, -0.1) is 0 Å². The van der Waals surface area contributed by atoms with Crippen molar-refractivity contribution in [2.75, 3.05) is 5.73 Å². The summed E-state index contributed by atoms with van der Waals surface area (Å²) in [6, 6.07) is 7.85. The first-order chi connectivity index (χ1) is 10.2. The van der Waals surface area contributed by atoms with Gasteiger partial charge in [-0.2, -0.15) is 0 Å². The molecule has 2 rings (SSSR count). The van der Waals surface area contributed by atoms with Gasteiger partial charge in [-0.25, -0.2) is 0 Å². The third kappa shape index (κ3) is 5.25. The van der Waals surface area contributed by atoms with Crippen LogP contribution in [0.5, 0.6) is 0 Å². The number of carbonyl (C=O) groups excluding carboxylic acids is 1. The summed E-state index contributed by atoms with van der Waals surface area (Å²) in [6.45, 7) is 2.25. The van der Waals surface area contributed by atoms with Crippen LogP contribution in [0.1, 0.15) is 51.0 Å². The molecule has 0 saturated heterocycles. The van der Waals surface area contributed by atoms with Gasteiger partial charge in [0, 0.05) is 17.8 Å². The van der Waals surface area contributed by atoms with Crippen molar-refractivity contribution >= 4 is 17.7 Å². The molecule has 0 atom stereocenters. The summed E-state index contributed by atoms with van der Waals surface area (Å²) in [5.41, 5.74) is 7.36. The molecule has 1 aliphatic carbocycles. The maximum atomic E-state index is 11.9. The summed E-state index contributed by atoms with van der Waals surface area (Å²) in [6.07, 6.45) is 10.8. The van der Waals surface area contributed by atoms with Crippen molar-refractivity contribution in [3.8, 4) is 0 Å². The number of anilines is 1. The number of rotatable bonds is 5. The maximum absolute atomic E-state index is 11.9. The summed E-state index contributed by atoms with van der Waals surface area (Å²) >= 11 is 0. The average molecular weight is 286 g/mol. The normalized spacial score (nSPS) is 22.3. The Bertz CT molecular complexity index is 470. The highest BCUT2D eigenvalue weighted by molar-refractivity contribution is 5.91. The third-order valence-corrected chi connectivity index (χ3v) is 4.25. The van der Waals surface area contributed by atoms with E-state index < -0.39 is 0 Å². The van der Waals surface area contributed by atoms with Crippen LogP contribution >= 0.6 is 0 Å². The molecule has 0 aliphatic heterocycles. The first-order valence-electron chi connectivity index (χ1n) is 8.01. The zero-order valence-corrected chi connectivity index (χ0v) is 12.8. The highest BCUT2D eigenvalue weighted by Gasteiger charge is 2.20. The number of nitrogens with two attached hydrogens (primary N) is 1. The molecule has 1 aromatic rings. The number of nitrogen functional groups attached to an aromatic ring is 1. The lowest BCUT2D eigenvalue weighted by molar-refractivity contribution is -0.117. The van der Waals surface area contributed by atoms with Crippen molar-refractivity contribution in [3.05, 3.63) is 35.9 Å². The fourth-order valence-corrected chi connectivity index (χ4v) is 3.03. The van der Waals surface area contributed by atoms with E-state index in [0.29, 0.717) is 6.04 Å². The predicted molar refractivity (Wildman–Crippen MR) is 88.7 cm³/mol. The van der Waals surface area contributed by atoms with Crippen molar-refractivity contribution in [2.45, 2.75) is 51.5 Å². The molecular weight excluding hydrogens is 260 g/mol. The van der Waals surface area contributed by atoms with Gasteiger partial charge in [0.25, 0.3) is 0 Å². The minimum atomic E-state index is 0.00534. The van der Waals surface area contributed by atoms with Gasteiger partial charge in [0.05, 0.1) is 0 Å².